The Morgan fingerprint density at radius 2 is 2.00 bits per heavy atom. The number of nitriles is 1. The van der Waals surface area contributed by atoms with Crippen LogP contribution in [0.5, 0.6) is 0 Å². The molecular formula is C18H15ClF2N4O. The molecule has 8 heteroatoms. The first-order chi connectivity index (χ1) is 12.5. The Labute approximate surface area is 153 Å². The largest absolute Gasteiger partial charge is 0.330 e. The zero-order chi connectivity index (χ0) is 18.5. The van der Waals surface area contributed by atoms with Gasteiger partial charge >= 0.3 is 0 Å². The molecule has 0 bridgehead atoms. The third-order valence-corrected chi connectivity index (χ3v) is 5.62. The summed E-state index contributed by atoms with van der Waals surface area (Å²) < 4.78 is 29.1. The molecule has 1 aromatic heterocycles. The Morgan fingerprint density at radius 3 is 2.62 bits per heavy atom. The highest BCUT2D eigenvalue weighted by Crippen LogP contribution is 2.46. The first kappa shape index (κ1) is 17.0. The van der Waals surface area contributed by atoms with Crippen LogP contribution in [0.2, 0.25) is 5.15 Å². The molecule has 1 fully saturated rings. The van der Waals surface area contributed by atoms with Gasteiger partial charge in [0.05, 0.1) is 24.6 Å². The summed E-state index contributed by atoms with van der Waals surface area (Å²) in [5, 5.41) is 13.5. The molecule has 134 valence electrons. The molecule has 1 aliphatic carbocycles. The number of hydrogen-bond donors (Lipinski definition) is 0. The zero-order valence-corrected chi connectivity index (χ0v) is 14.6. The van der Waals surface area contributed by atoms with Crippen molar-refractivity contribution in [1.82, 2.24) is 14.7 Å². The van der Waals surface area contributed by atoms with Crippen molar-refractivity contribution in [2.75, 3.05) is 6.54 Å². The van der Waals surface area contributed by atoms with Crippen LogP contribution in [0.3, 0.4) is 0 Å². The van der Waals surface area contributed by atoms with Crippen LogP contribution < -0.4 is 0 Å². The molecule has 26 heavy (non-hydrogen) atoms. The van der Waals surface area contributed by atoms with Crippen LogP contribution >= 0.6 is 11.6 Å². The predicted molar refractivity (Wildman–Crippen MR) is 89.6 cm³/mol. The molecule has 0 N–H and O–H groups in total. The third-order valence-electron chi connectivity index (χ3n) is 5.19. The van der Waals surface area contributed by atoms with E-state index in [0.29, 0.717) is 24.9 Å². The topological polar surface area (TPSA) is 61.9 Å². The summed E-state index contributed by atoms with van der Waals surface area (Å²) in [5.41, 5.74) is 0.263. The van der Waals surface area contributed by atoms with E-state index in [2.05, 4.69) is 11.2 Å². The molecule has 1 amide bonds. The average molecular weight is 377 g/mol. The zero-order valence-electron chi connectivity index (χ0n) is 13.8. The van der Waals surface area contributed by atoms with E-state index in [-0.39, 0.29) is 28.9 Å². The molecular weight excluding hydrogens is 362 g/mol. The van der Waals surface area contributed by atoms with E-state index in [9.17, 15) is 13.6 Å². The van der Waals surface area contributed by atoms with E-state index < -0.39 is 17.2 Å². The minimum Gasteiger partial charge on any atom is -0.330 e. The Bertz CT molecular complexity index is 925. The fraction of sp³-hybridized carbons (Fsp3) is 0.389. The van der Waals surface area contributed by atoms with Gasteiger partial charge in [-0.3, -0.25) is 4.79 Å². The van der Waals surface area contributed by atoms with Crippen molar-refractivity contribution in [3.05, 3.63) is 51.8 Å². The smallest absolute Gasteiger partial charge is 0.275 e. The molecule has 0 saturated heterocycles. The molecule has 1 aromatic carbocycles. The Hall–Kier alpha value is -2.46. The second kappa shape index (κ2) is 6.06. The third kappa shape index (κ3) is 2.56. The SMILES string of the molecule is N#CCC1(N2CCc3c(nn(Cc4c(F)cccc4F)c3Cl)C2=O)CC1. The average Bonchev–Trinajstić information content (AvgIpc) is 3.31. The van der Waals surface area contributed by atoms with Crippen LogP contribution in [0, 0.1) is 23.0 Å². The maximum Gasteiger partial charge on any atom is 0.275 e. The molecule has 0 spiro atoms. The van der Waals surface area contributed by atoms with Crippen molar-refractivity contribution in [2.45, 2.75) is 37.8 Å². The highest BCUT2D eigenvalue weighted by Gasteiger charge is 2.52. The number of rotatable bonds is 4. The summed E-state index contributed by atoms with van der Waals surface area (Å²) in [4.78, 5) is 14.6. The lowest BCUT2D eigenvalue weighted by molar-refractivity contribution is 0.0626. The molecule has 2 aromatic rings. The molecule has 5 nitrogen and oxygen atoms in total. The lowest BCUT2D eigenvalue weighted by Gasteiger charge is -2.33. The predicted octanol–water partition coefficient (Wildman–Crippen LogP) is 3.31. The number of aromatic nitrogens is 2. The van der Waals surface area contributed by atoms with Crippen molar-refractivity contribution in [3.8, 4) is 6.07 Å². The fourth-order valence-corrected chi connectivity index (χ4v) is 3.83. The number of carbonyl (C=O) groups excluding carboxylic acids is 1. The molecule has 0 atom stereocenters. The molecule has 2 aliphatic rings. The summed E-state index contributed by atoms with van der Waals surface area (Å²) >= 11 is 6.33. The first-order valence-electron chi connectivity index (χ1n) is 8.34. The van der Waals surface area contributed by atoms with Gasteiger partial charge in [0.1, 0.15) is 16.8 Å². The summed E-state index contributed by atoms with van der Waals surface area (Å²) in [6.45, 7) is 0.272. The number of nitrogens with zero attached hydrogens (tertiary/aromatic N) is 4. The van der Waals surface area contributed by atoms with Crippen LogP contribution in [0.25, 0.3) is 0 Å². The fourth-order valence-electron chi connectivity index (χ4n) is 3.55. The van der Waals surface area contributed by atoms with E-state index in [0.717, 1.165) is 12.8 Å². The summed E-state index contributed by atoms with van der Waals surface area (Å²) in [7, 11) is 0. The van der Waals surface area contributed by atoms with Crippen molar-refractivity contribution < 1.29 is 13.6 Å². The number of amides is 1. The van der Waals surface area contributed by atoms with E-state index in [1.165, 1.54) is 22.9 Å². The van der Waals surface area contributed by atoms with Gasteiger partial charge in [0.25, 0.3) is 5.91 Å². The molecule has 0 unspecified atom stereocenters. The Kier molecular flexibility index (Phi) is 3.96. The van der Waals surface area contributed by atoms with Crippen LogP contribution in [0.15, 0.2) is 18.2 Å². The molecule has 0 radical (unpaired) electrons. The minimum atomic E-state index is -0.687. The van der Waals surface area contributed by atoms with Crippen LogP contribution in [0.1, 0.15) is 40.9 Å². The van der Waals surface area contributed by atoms with Crippen LogP contribution in [0.4, 0.5) is 8.78 Å². The summed E-state index contributed by atoms with van der Waals surface area (Å²) in [6, 6.07) is 5.77. The van der Waals surface area contributed by atoms with Gasteiger partial charge in [0, 0.05) is 17.7 Å². The van der Waals surface area contributed by atoms with Gasteiger partial charge in [-0.2, -0.15) is 10.4 Å². The molecule has 2 heterocycles. The van der Waals surface area contributed by atoms with Crippen molar-refractivity contribution >= 4 is 17.5 Å². The first-order valence-corrected chi connectivity index (χ1v) is 8.71. The standard InChI is InChI=1S/C18H15ClF2N4O/c19-16-11-4-9-24(18(5-6-18)7-8-22)17(26)15(11)23-25(16)10-12-13(20)2-1-3-14(12)21/h1-3H,4-7,9-10H2. The number of benzene rings is 1. The van der Waals surface area contributed by atoms with Gasteiger partial charge in [-0.05, 0) is 31.4 Å². The second-order valence-corrected chi connectivity index (χ2v) is 7.10. The van der Waals surface area contributed by atoms with Gasteiger partial charge in [0.2, 0.25) is 0 Å². The lowest BCUT2D eigenvalue weighted by atomic mass is 10.0. The number of halogens is 3. The lowest BCUT2D eigenvalue weighted by Crippen LogP contribution is -2.46. The normalized spacial score (nSPS) is 17.8. The second-order valence-electron chi connectivity index (χ2n) is 6.74. The van der Waals surface area contributed by atoms with Gasteiger partial charge in [0.15, 0.2) is 5.69 Å². The van der Waals surface area contributed by atoms with E-state index in [1.54, 1.807) is 4.90 Å². The number of fused-ring (bicyclic) bond motifs is 1. The van der Waals surface area contributed by atoms with Crippen molar-refractivity contribution in [3.63, 3.8) is 0 Å². The van der Waals surface area contributed by atoms with Gasteiger partial charge in [-0.15, -0.1) is 0 Å². The highest BCUT2D eigenvalue weighted by atomic mass is 35.5. The van der Waals surface area contributed by atoms with Crippen molar-refractivity contribution in [1.29, 1.82) is 5.26 Å². The van der Waals surface area contributed by atoms with Gasteiger partial charge in [-0.25, -0.2) is 13.5 Å². The molecule has 1 saturated carbocycles. The van der Waals surface area contributed by atoms with Gasteiger partial charge in [-0.1, -0.05) is 17.7 Å². The Morgan fingerprint density at radius 1 is 1.31 bits per heavy atom. The van der Waals surface area contributed by atoms with E-state index >= 15 is 0 Å². The maximum absolute atomic E-state index is 13.9. The molecule has 4 rings (SSSR count). The van der Waals surface area contributed by atoms with Crippen LogP contribution in [-0.2, 0) is 13.0 Å². The quantitative estimate of drug-likeness (QED) is 0.822. The summed E-state index contributed by atoms with van der Waals surface area (Å²) in [6.07, 6.45) is 2.41. The number of hydrogen-bond acceptors (Lipinski definition) is 3. The van der Waals surface area contributed by atoms with Gasteiger partial charge < -0.3 is 4.90 Å². The minimum absolute atomic E-state index is 0.151. The molecule has 1 aliphatic heterocycles. The van der Waals surface area contributed by atoms with E-state index in [1.807, 2.05) is 0 Å². The van der Waals surface area contributed by atoms with Crippen LogP contribution in [-0.4, -0.2) is 32.7 Å². The Balaban J connectivity index is 1.67. The summed E-state index contributed by atoms with van der Waals surface area (Å²) in [5.74, 6) is -1.64. The highest BCUT2D eigenvalue weighted by molar-refractivity contribution is 6.31. The number of carbonyl (C=O) groups is 1. The van der Waals surface area contributed by atoms with Crippen molar-refractivity contribution in [2.24, 2.45) is 0 Å². The maximum atomic E-state index is 13.9. The monoisotopic (exact) mass is 376 g/mol. The van der Waals surface area contributed by atoms with E-state index in [4.69, 9.17) is 16.9 Å².